The smallest absolute Gasteiger partial charge is 0.414 e. The van der Waals surface area contributed by atoms with Crippen molar-refractivity contribution < 1.29 is 13.9 Å². The van der Waals surface area contributed by atoms with E-state index in [1.165, 1.54) is 15.8 Å². The second kappa shape index (κ2) is 11.3. The number of aryl methyl sites for hydroxylation is 1. The summed E-state index contributed by atoms with van der Waals surface area (Å²) in [6.45, 7) is 9.24. The van der Waals surface area contributed by atoms with E-state index in [1.54, 1.807) is 37.5 Å². The van der Waals surface area contributed by atoms with Crippen LogP contribution in [0, 0.1) is 5.82 Å². The quantitative estimate of drug-likeness (QED) is 0.417. The number of tetrazole rings is 1. The molecule has 1 amide bonds. The predicted octanol–water partition coefficient (Wildman–Crippen LogP) is 2.72. The third-order valence-corrected chi connectivity index (χ3v) is 6.04. The number of hydrogen-bond acceptors (Lipinski definition) is 8. The summed E-state index contributed by atoms with van der Waals surface area (Å²) in [5.41, 5.74) is 2.01. The number of hydrogen-bond donors (Lipinski definition) is 1. The molecule has 3 heterocycles. The van der Waals surface area contributed by atoms with Gasteiger partial charge < -0.3 is 15.0 Å². The van der Waals surface area contributed by atoms with Crippen molar-refractivity contribution in [3.8, 4) is 22.6 Å². The summed E-state index contributed by atoms with van der Waals surface area (Å²) in [4.78, 5) is 21.9. The molecule has 2 aromatic heterocycles. The second-order valence-corrected chi connectivity index (χ2v) is 8.40. The number of benzene rings is 1. The monoisotopic (exact) mass is 482 g/mol. The normalized spacial score (nSPS) is 15.7. The lowest BCUT2D eigenvalue weighted by Crippen LogP contribution is -2.33. The van der Waals surface area contributed by atoms with Gasteiger partial charge in [0.25, 0.3) is 0 Å². The van der Waals surface area contributed by atoms with Crippen LogP contribution >= 0.6 is 0 Å². The van der Waals surface area contributed by atoms with Crippen molar-refractivity contribution in [2.75, 3.05) is 44.2 Å². The molecule has 10 nitrogen and oxygen atoms in total. The van der Waals surface area contributed by atoms with Crippen LogP contribution in [0.5, 0.6) is 0 Å². The lowest BCUT2D eigenvalue weighted by molar-refractivity contribution is 0.140. The standard InChI is InChI=1S/C24H31FN8O2/c1-4-32(5-2)12-6-11-26-15-19-16-33(24(34)35-19)18-8-9-20(21(25)13-18)17-7-10-22(27-14-17)23-28-30-31(3)29-23/h7-10,13-14,19,26H,4-6,11-12,15-16H2,1-3H3/t19-/m0/s1. The molecule has 0 unspecified atom stereocenters. The number of anilines is 1. The maximum atomic E-state index is 15.0. The summed E-state index contributed by atoms with van der Waals surface area (Å²) in [5, 5.41) is 15.2. The molecule has 1 atom stereocenters. The number of pyridine rings is 1. The highest BCUT2D eigenvalue weighted by Crippen LogP contribution is 2.29. The van der Waals surface area contributed by atoms with E-state index >= 15 is 0 Å². The molecule has 11 heteroatoms. The number of aromatic nitrogens is 5. The topological polar surface area (TPSA) is 101 Å². The average molecular weight is 483 g/mol. The number of ether oxygens (including phenoxy) is 1. The third-order valence-electron chi connectivity index (χ3n) is 6.04. The van der Waals surface area contributed by atoms with Gasteiger partial charge in [-0.05, 0) is 62.1 Å². The number of carbonyl (C=O) groups excluding carboxylic acids is 1. The molecule has 1 saturated heterocycles. The Morgan fingerprint density at radius 1 is 1.23 bits per heavy atom. The Labute approximate surface area is 204 Å². The molecule has 0 bridgehead atoms. The Balaban J connectivity index is 1.34. The summed E-state index contributed by atoms with van der Waals surface area (Å²) in [6.07, 6.45) is 1.86. The van der Waals surface area contributed by atoms with Crippen molar-refractivity contribution in [2.24, 2.45) is 7.05 Å². The Kier molecular flexibility index (Phi) is 7.98. The molecule has 1 aliphatic rings. The average Bonchev–Trinajstić information content (AvgIpc) is 3.46. The van der Waals surface area contributed by atoms with Gasteiger partial charge in [0, 0.05) is 23.9 Å². The van der Waals surface area contributed by atoms with Gasteiger partial charge in [-0.2, -0.15) is 4.80 Å². The summed E-state index contributed by atoms with van der Waals surface area (Å²) in [5.74, 6) is -0.0455. The van der Waals surface area contributed by atoms with Gasteiger partial charge >= 0.3 is 6.09 Å². The molecule has 1 N–H and O–H groups in total. The van der Waals surface area contributed by atoms with Crippen LogP contribution in [0.4, 0.5) is 14.9 Å². The molecule has 1 fully saturated rings. The molecular weight excluding hydrogens is 451 g/mol. The molecule has 0 saturated carbocycles. The fourth-order valence-corrected chi connectivity index (χ4v) is 4.05. The summed E-state index contributed by atoms with van der Waals surface area (Å²) in [7, 11) is 1.67. The highest BCUT2D eigenvalue weighted by molar-refractivity contribution is 5.90. The van der Waals surface area contributed by atoms with E-state index in [0.29, 0.717) is 41.4 Å². The van der Waals surface area contributed by atoms with Crippen molar-refractivity contribution in [3.63, 3.8) is 0 Å². The van der Waals surface area contributed by atoms with Crippen LogP contribution in [-0.2, 0) is 11.8 Å². The van der Waals surface area contributed by atoms with E-state index in [-0.39, 0.29) is 6.10 Å². The van der Waals surface area contributed by atoms with E-state index in [0.717, 1.165) is 32.6 Å². The number of halogens is 1. The fourth-order valence-electron chi connectivity index (χ4n) is 4.05. The first-order valence-corrected chi connectivity index (χ1v) is 11.9. The van der Waals surface area contributed by atoms with Gasteiger partial charge in [-0.3, -0.25) is 9.88 Å². The van der Waals surface area contributed by atoms with Crippen molar-refractivity contribution in [3.05, 3.63) is 42.3 Å². The van der Waals surface area contributed by atoms with Crippen LogP contribution in [0.1, 0.15) is 20.3 Å². The first-order chi connectivity index (χ1) is 17.0. The van der Waals surface area contributed by atoms with Gasteiger partial charge in [-0.1, -0.05) is 19.9 Å². The molecular formula is C24H31FN8O2. The van der Waals surface area contributed by atoms with Crippen molar-refractivity contribution in [1.29, 1.82) is 0 Å². The molecule has 0 spiro atoms. The van der Waals surface area contributed by atoms with Gasteiger partial charge in [-0.15, -0.1) is 10.2 Å². The van der Waals surface area contributed by atoms with E-state index < -0.39 is 11.9 Å². The highest BCUT2D eigenvalue weighted by atomic mass is 19.1. The maximum absolute atomic E-state index is 15.0. The van der Waals surface area contributed by atoms with E-state index in [9.17, 15) is 9.18 Å². The van der Waals surface area contributed by atoms with E-state index in [1.807, 2.05) is 0 Å². The van der Waals surface area contributed by atoms with Gasteiger partial charge in [0.05, 0.1) is 19.3 Å². The summed E-state index contributed by atoms with van der Waals surface area (Å²) >= 11 is 0. The molecule has 3 aromatic rings. The molecule has 1 aromatic carbocycles. The minimum atomic E-state index is -0.463. The second-order valence-electron chi connectivity index (χ2n) is 8.40. The SMILES string of the molecule is CCN(CC)CCCNC[C@H]1CN(c2ccc(-c3ccc(-c4nnn(C)n4)nc3)c(F)c2)C(=O)O1. The first-order valence-electron chi connectivity index (χ1n) is 11.9. The van der Waals surface area contributed by atoms with Crippen LogP contribution < -0.4 is 10.2 Å². The molecule has 186 valence electrons. The minimum Gasteiger partial charge on any atom is -0.443 e. The van der Waals surface area contributed by atoms with Crippen LogP contribution in [0.25, 0.3) is 22.6 Å². The molecule has 35 heavy (non-hydrogen) atoms. The number of nitrogens with one attached hydrogen (secondary N) is 1. The highest BCUT2D eigenvalue weighted by Gasteiger charge is 2.32. The largest absolute Gasteiger partial charge is 0.443 e. The molecule has 4 rings (SSSR count). The zero-order valence-electron chi connectivity index (χ0n) is 20.3. The number of amides is 1. The third kappa shape index (κ3) is 5.98. The summed E-state index contributed by atoms with van der Waals surface area (Å²) < 4.78 is 20.5. The van der Waals surface area contributed by atoms with Gasteiger partial charge in [0.1, 0.15) is 17.6 Å². The van der Waals surface area contributed by atoms with Crippen molar-refractivity contribution in [2.45, 2.75) is 26.4 Å². The van der Waals surface area contributed by atoms with Crippen LogP contribution in [0.3, 0.4) is 0 Å². The summed E-state index contributed by atoms with van der Waals surface area (Å²) in [6, 6.07) is 8.19. The number of carbonyl (C=O) groups is 1. The lowest BCUT2D eigenvalue weighted by Gasteiger charge is -2.18. The van der Waals surface area contributed by atoms with E-state index in [4.69, 9.17) is 4.74 Å². The van der Waals surface area contributed by atoms with Crippen molar-refractivity contribution >= 4 is 11.8 Å². The molecule has 0 aliphatic carbocycles. The number of nitrogens with zero attached hydrogens (tertiary/aromatic N) is 7. The van der Waals surface area contributed by atoms with Crippen LogP contribution in [0.2, 0.25) is 0 Å². The van der Waals surface area contributed by atoms with Crippen LogP contribution in [0.15, 0.2) is 36.5 Å². The Hall–Kier alpha value is -3.44. The van der Waals surface area contributed by atoms with Gasteiger partial charge in [0.15, 0.2) is 0 Å². The minimum absolute atomic E-state index is 0.273. The zero-order chi connectivity index (χ0) is 24.8. The van der Waals surface area contributed by atoms with Crippen molar-refractivity contribution in [1.82, 2.24) is 35.4 Å². The van der Waals surface area contributed by atoms with Crippen LogP contribution in [-0.4, -0.2) is 81.6 Å². The zero-order valence-corrected chi connectivity index (χ0v) is 20.3. The maximum Gasteiger partial charge on any atom is 0.414 e. The Morgan fingerprint density at radius 2 is 2.06 bits per heavy atom. The fraction of sp³-hybridized carbons (Fsp3) is 0.458. The number of cyclic esters (lactones) is 1. The molecule has 1 aliphatic heterocycles. The van der Waals surface area contributed by atoms with E-state index in [2.05, 4.69) is 44.5 Å². The number of rotatable bonds is 11. The van der Waals surface area contributed by atoms with Gasteiger partial charge in [-0.25, -0.2) is 9.18 Å². The van der Waals surface area contributed by atoms with Gasteiger partial charge in [0.2, 0.25) is 5.82 Å². The molecule has 0 radical (unpaired) electrons. The predicted molar refractivity (Wildman–Crippen MR) is 130 cm³/mol. The first kappa shape index (κ1) is 24.7. The Bertz CT molecular complexity index is 1130. The Morgan fingerprint density at radius 3 is 2.71 bits per heavy atom. The lowest BCUT2D eigenvalue weighted by atomic mass is 10.1.